The molecule has 22 heavy (non-hydrogen) atoms. The van der Waals surface area contributed by atoms with Gasteiger partial charge in [-0.2, -0.15) is 0 Å². The Labute approximate surface area is 130 Å². The summed E-state index contributed by atoms with van der Waals surface area (Å²) >= 11 is 0. The molecule has 4 nitrogen and oxygen atoms in total. The molecule has 0 aliphatic carbocycles. The van der Waals surface area contributed by atoms with Crippen molar-refractivity contribution in [3.63, 3.8) is 0 Å². The van der Waals surface area contributed by atoms with E-state index in [0.29, 0.717) is 6.54 Å². The molecule has 0 aliphatic heterocycles. The number of nitrogens with zero attached hydrogens (tertiary/aromatic N) is 2. The predicted octanol–water partition coefficient (Wildman–Crippen LogP) is 3.71. The van der Waals surface area contributed by atoms with Gasteiger partial charge in [0.15, 0.2) is 0 Å². The average Bonchev–Trinajstić information content (AvgIpc) is 2.87. The van der Waals surface area contributed by atoms with E-state index in [1.165, 1.54) is 5.56 Å². The van der Waals surface area contributed by atoms with Crippen molar-refractivity contribution in [2.24, 2.45) is 7.05 Å². The van der Waals surface area contributed by atoms with Gasteiger partial charge in [-0.15, -0.1) is 0 Å². The molecule has 4 heteroatoms. The molecule has 0 fully saturated rings. The number of aromatic hydroxyl groups is 1. The van der Waals surface area contributed by atoms with Gasteiger partial charge in [-0.05, 0) is 30.2 Å². The molecule has 0 bridgehead atoms. The van der Waals surface area contributed by atoms with Crippen molar-refractivity contribution < 1.29 is 5.11 Å². The highest BCUT2D eigenvalue weighted by atomic mass is 16.3. The third-order valence-electron chi connectivity index (χ3n) is 3.70. The molecule has 2 N–H and O–H groups in total. The van der Waals surface area contributed by atoms with Gasteiger partial charge in [-0.1, -0.05) is 42.0 Å². The Hall–Kier alpha value is -2.75. The third-order valence-corrected chi connectivity index (χ3v) is 3.70. The van der Waals surface area contributed by atoms with E-state index in [9.17, 15) is 5.11 Å². The monoisotopic (exact) mass is 293 g/mol. The van der Waals surface area contributed by atoms with Crippen LogP contribution < -0.4 is 5.32 Å². The fourth-order valence-corrected chi connectivity index (χ4v) is 2.41. The number of imidazole rings is 1. The smallest absolute Gasteiger partial charge is 0.203 e. The maximum Gasteiger partial charge on any atom is 0.203 e. The summed E-state index contributed by atoms with van der Waals surface area (Å²) in [6.45, 7) is 2.70. The van der Waals surface area contributed by atoms with Crippen molar-refractivity contribution in [3.05, 3.63) is 65.9 Å². The number of phenolic OH excluding ortho intramolecular Hbond substituents is 1. The zero-order chi connectivity index (χ0) is 15.5. The molecule has 0 aliphatic rings. The average molecular weight is 293 g/mol. The van der Waals surface area contributed by atoms with E-state index in [2.05, 4.69) is 41.5 Å². The summed E-state index contributed by atoms with van der Waals surface area (Å²) in [4.78, 5) is 4.44. The number of hydrogen-bond acceptors (Lipinski definition) is 3. The Bertz CT molecular complexity index is 775. The molecule has 3 aromatic rings. The van der Waals surface area contributed by atoms with Crippen LogP contribution in [0.4, 0.5) is 5.95 Å². The second-order valence-electron chi connectivity index (χ2n) is 5.42. The van der Waals surface area contributed by atoms with Gasteiger partial charge in [-0.25, -0.2) is 4.98 Å². The standard InChI is InChI=1S/C18H19N3O/c1-13-6-8-15(9-7-13)17-12-20-18(21(17)2)19-11-14-4-3-5-16(22)10-14/h3-10,12,22H,11H2,1-2H3,(H,19,20). The van der Waals surface area contributed by atoms with Crippen LogP contribution in [-0.2, 0) is 13.6 Å². The van der Waals surface area contributed by atoms with Gasteiger partial charge in [0.2, 0.25) is 5.95 Å². The summed E-state index contributed by atoms with van der Waals surface area (Å²) in [5.41, 5.74) is 4.47. The summed E-state index contributed by atoms with van der Waals surface area (Å²) in [6, 6.07) is 15.6. The highest BCUT2D eigenvalue weighted by Crippen LogP contribution is 2.22. The minimum Gasteiger partial charge on any atom is -0.508 e. The molecule has 0 atom stereocenters. The minimum atomic E-state index is 0.277. The zero-order valence-corrected chi connectivity index (χ0v) is 12.7. The van der Waals surface area contributed by atoms with Crippen LogP contribution in [0.5, 0.6) is 5.75 Å². The minimum absolute atomic E-state index is 0.277. The van der Waals surface area contributed by atoms with Gasteiger partial charge in [0, 0.05) is 13.6 Å². The summed E-state index contributed by atoms with van der Waals surface area (Å²) in [6.07, 6.45) is 1.87. The molecule has 0 unspecified atom stereocenters. The lowest BCUT2D eigenvalue weighted by molar-refractivity contribution is 0.474. The van der Waals surface area contributed by atoms with Gasteiger partial charge in [0.05, 0.1) is 11.9 Å². The molecule has 1 heterocycles. The van der Waals surface area contributed by atoms with Crippen molar-refractivity contribution >= 4 is 5.95 Å². The number of nitrogens with one attached hydrogen (secondary N) is 1. The van der Waals surface area contributed by atoms with Crippen molar-refractivity contribution in [1.82, 2.24) is 9.55 Å². The number of rotatable bonds is 4. The normalized spacial score (nSPS) is 10.6. The van der Waals surface area contributed by atoms with Gasteiger partial charge in [0.1, 0.15) is 5.75 Å². The number of anilines is 1. The summed E-state index contributed by atoms with van der Waals surface area (Å²) in [5.74, 6) is 1.08. The van der Waals surface area contributed by atoms with Crippen LogP contribution in [0, 0.1) is 6.92 Å². The van der Waals surface area contributed by atoms with Crippen molar-refractivity contribution in [2.75, 3.05) is 5.32 Å². The fraction of sp³-hybridized carbons (Fsp3) is 0.167. The van der Waals surface area contributed by atoms with Crippen LogP contribution in [0.2, 0.25) is 0 Å². The molecule has 0 radical (unpaired) electrons. The SMILES string of the molecule is Cc1ccc(-c2cnc(NCc3cccc(O)c3)n2C)cc1. The Balaban J connectivity index is 1.77. The van der Waals surface area contributed by atoms with Gasteiger partial charge in [-0.3, -0.25) is 0 Å². The van der Waals surface area contributed by atoms with Crippen LogP contribution in [0.3, 0.4) is 0 Å². The van der Waals surface area contributed by atoms with E-state index >= 15 is 0 Å². The quantitative estimate of drug-likeness (QED) is 0.771. The van der Waals surface area contributed by atoms with Crippen LogP contribution >= 0.6 is 0 Å². The maximum atomic E-state index is 9.49. The topological polar surface area (TPSA) is 50.1 Å². The first kappa shape index (κ1) is 14.2. The summed E-state index contributed by atoms with van der Waals surface area (Å²) in [5, 5.41) is 12.8. The lowest BCUT2D eigenvalue weighted by Crippen LogP contribution is -2.05. The predicted molar refractivity (Wildman–Crippen MR) is 88.8 cm³/mol. The molecule has 0 spiro atoms. The van der Waals surface area contributed by atoms with E-state index in [0.717, 1.165) is 22.8 Å². The van der Waals surface area contributed by atoms with E-state index in [4.69, 9.17) is 0 Å². The lowest BCUT2D eigenvalue weighted by atomic mass is 10.1. The molecular weight excluding hydrogens is 274 g/mol. The van der Waals surface area contributed by atoms with E-state index < -0.39 is 0 Å². The molecule has 0 saturated carbocycles. The van der Waals surface area contributed by atoms with Crippen molar-refractivity contribution in [2.45, 2.75) is 13.5 Å². The molecule has 0 saturated heterocycles. The Morgan fingerprint density at radius 1 is 1.14 bits per heavy atom. The van der Waals surface area contributed by atoms with Crippen LogP contribution in [-0.4, -0.2) is 14.7 Å². The summed E-state index contributed by atoms with van der Waals surface area (Å²) in [7, 11) is 1.99. The van der Waals surface area contributed by atoms with Gasteiger partial charge < -0.3 is 15.0 Å². The molecule has 2 aromatic carbocycles. The maximum absolute atomic E-state index is 9.49. The largest absolute Gasteiger partial charge is 0.508 e. The van der Waals surface area contributed by atoms with Crippen LogP contribution in [0.25, 0.3) is 11.3 Å². The number of hydrogen-bond donors (Lipinski definition) is 2. The van der Waals surface area contributed by atoms with Crippen molar-refractivity contribution in [1.29, 1.82) is 0 Å². The Morgan fingerprint density at radius 3 is 2.64 bits per heavy atom. The van der Waals surface area contributed by atoms with E-state index in [1.807, 2.05) is 29.9 Å². The second kappa shape index (κ2) is 5.93. The second-order valence-corrected chi connectivity index (χ2v) is 5.42. The highest BCUT2D eigenvalue weighted by Gasteiger charge is 2.08. The lowest BCUT2D eigenvalue weighted by Gasteiger charge is -2.09. The third kappa shape index (κ3) is 2.96. The number of aromatic nitrogens is 2. The fourth-order valence-electron chi connectivity index (χ4n) is 2.41. The molecule has 3 rings (SSSR count). The Morgan fingerprint density at radius 2 is 1.91 bits per heavy atom. The first-order chi connectivity index (χ1) is 10.6. The van der Waals surface area contributed by atoms with Gasteiger partial charge >= 0.3 is 0 Å². The highest BCUT2D eigenvalue weighted by molar-refractivity contribution is 5.61. The molecule has 0 amide bonds. The molecule has 112 valence electrons. The summed E-state index contributed by atoms with van der Waals surface area (Å²) < 4.78 is 2.04. The first-order valence-corrected chi connectivity index (χ1v) is 7.24. The number of benzene rings is 2. The molecular formula is C18H19N3O. The van der Waals surface area contributed by atoms with E-state index in [1.54, 1.807) is 12.1 Å². The van der Waals surface area contributed by atoms with Crippen LogP contribution in [0.1, 0.15) is 11.1 Å². The molecule has 1 aromatic heterocycles. The van der Waals surface area contributed by atoms with Crippen LogP contribution in [0.15, 0.2) is 54.7 Å². The number of aryl methyl sites for hydroxylation is 1. The van der Waals surface area contributed by atoms with Crippen molar-refractivity contribution in [3.8, 4) is 17.0 Å². The number of phenols is 1. The first-order valence-electron chi connectivity index (χ1n) is 7.24. The van der Waals surface area contributed by atoms with Gasteiger partial charge in [0.25, 0.3) is 0 Å². The van der Waals surface area contributed by atoms with E-state index in [-0.39, 0.29) is 5.75 Å². The Kier molecular flexibility index (Phi) is 3.83. The zero-order valence-electron chi connectivity index (χ0n) is 12.7.